The lowest BCUT2D eigenvalue weighted by Crippen LogP contribution is -2.35. The van der Waals surface area contributed by atoms with Gasteiger partial charge in [-0.2, -0.15) is 0 Å². The predicted molar refractivity (Wildman–Crippen MR) is 87.9 cm³/mol. The third-order valence-electron chi connectivity index (χ3n) is 3.93. The van der Waals surface area contributed by atoms with Crippen LogP contribution in [-0.2, 0) is 11.2 Å². The molecule has 0 saturated carbocycles. The van der Waals surface area contributed by atoms with Crippen molar-refractivity contribution in [1.82, 2.24) is 4.90 Å². The summed E-state index contributed by atoms with van der Waals surface area (Å²) >= 11 is 0. The molecular formula is C17H30N2O2. The van der Waals surface area contributed by atoms with Gasteiger partial charge < -0.3 is 20.1 Å². The van der Waals surface area contributed by atoms with E-state index in [9.17, 15) is 0 Å². The van der Waals surface area contributed by atoms with Crippen molar-refractivity contribution in [3.8, 4) is 5.75 Å². The van der Waals surface area contributed by atoms with Crippen LogP contribution in [0, 0.1) is 0 Å². The van der Waals surface area contributed by atoms with Gasteiger partial charge in [-0.25, -0.2) is 0 Å². The van der Waals surface area contributed by atoms with E-state index in [0.717, 1.165) is 31.7 Å². The van der Waals surface area contributed by atoms with Crippen molar-refractivity contribution in [3.05, 3.63) is 29.8 Å². The molecule has 2 N–H and O–H groups in total. The lowest BCUT2D eigenvalue weighted by Gasteiger charge is -2.27. The summed E-state index contributed by atoms with van der Waals surface area (Å²) < 4.78 is 11.0. The molecule has 0 spiro atoms. The fraction of sp³-hybridized carbons (Fsp3) is 0.647. The van der Waals surface area contributed by atoms with Crippen LogP contribution in [0.5, 0.6) is 5.75 Å². The smallest absolute Gasteiger partial charge is 0.122 e. The van der Waals surface area contributed by atoms with Crippen LogP contribution in [0.3, 0.4) is 0 Å². The van der Waals surface area contributed by atoms with Gasteiger partial charge in [0.15, 0.2) is 0 Å². The molecule has 1 rings (SSSR count). The molecule has 0 aromatic heterocycles. The summed E-state index contributed by atoms with van der Waals surface area (Å²) in [4.78, 5) is 2.36. The van der Waals surface area contributed by atoms with Gasteiger partial charge in [-0.05, 0) is 45.4 Å². The second kappa shape index (κ2) is 9.77. The quantitative estimate of drug-likeness (QED) is 0.719. The molecule has 4 nitrogen and oxygen atoms in total. The van der Waals surface area contributed by atoms with Gasteiger partial charge in [0.05, 0.1) is 13.2 Å². The molecule has 0 aliphatic carbocycles. The van der Waals surface area contributed by atoms with E-state index in [1.165, 1.54) is 5.56 Å². The molecule has 0 heterocycles. The zero-order valence-corrected chi connectivity index (χ0v) is 13.8. The van der Waals surface area contributed by atoms with E-state index in [4.69, 9.17) is 15.2 Å². The first-order valence-corrected chi connectivity index (χ1v) is 7.76. The molecule has 0 fully saturated rings. The number of hydrogen-bond acceptors (Lipinski definition) is 4. The molecule has 120 valence electrons. The Kier molecular flexibility index (Phi) is 8.35. The van der Waals surface area contributed by atoms with Gasteiger partial charge in [-0.15, -0.1) is 0 Å². The minimum atomic E-state index is 0.163. The lowest BCUT2D eigenvalue weighted by molar-refractivity contribution is 0.0536. The highest BCUT2D eigenvalue weighted by Gasteiger charge is 2.14. The first-order chi connectivity index (χ1) is 10.1. The number of ether oxygens (including phenoxy) is 2. The van der Waals surface area contributed by atoms with E-state index in [1.54, 1.807) is 7.11 Å². The second-order valence-electron chi connectivity index (χ2n) is 5.45. The Morgan fingerprint density at radius 1 is 1.29 bits per heavy atom. The molecule has 1 aromatic rings. The highest BCUT2D eigenvalue weighted by molar-refractivity contribution is 5.33. The average Bonchev–Trinajstić information content (AvgIpc) is 2.51. The number of para-hydroxylation sites is 1. The summed E-state index contributed by atoms with van der Waals surface area (Å²) in [6.07, 6.45) is 2.11. The van der Waals surface area contributed by atoms with Crippen LogP contribution < -0.4 is 10.5 Å². The zero-order chi connectivity index (χ0) is 15.7. The SMILES string of the molecule is CCOC(CN)CCN(C)C(C)Cc1ccccc1OC. The maximum Gasteiger partial charge on any atom is 0.122 e. The first-order valence-electron chi connectivity index (χ1n) is 7.76. The minimum absolute atomic E-state index is 0.163. The van der Waals surface area contributed by atoms with Gasteiger partial charge in [0.1, 0.15) is 5.75 Å². The Bertz CT molecular complexity index is 398. The monoisotopic (exact) mass is 294 g/mol. The fourth-order valence-electron chi connectivity index (χ4n) is 2.42. The number of benzene rings is 1. The zero-order valence-electron chi connectivity index (χ0n) is 13.8. The number of hydrogen-bond donors (Lipinski definition) is 1. The summed E-state index contributed by atoms with van der Waals surface area (Å²) in [5.41, 5.74) is 6.97. The van der Waals surface area contributed by atoms with Crippen LogP contribution in [0.4, 0.5) is 0 Å². The molecule has 4 heteroatoms. The number of nitrogens with zero attached hydrogens (tertiary/aromatic N) is 1. The van der Waals surface area contributed by atoms with Crippen LogP contribution in [0.1, 0.15) is 25.8 Å². The Morgan fingerprint density at radius 2 is 2.00 bits per heavy atom. The predicted octanol–water partition coefficient (Wildman–Crippen LogP) is 2.31. The Morgan fingerprint density at radius 3 is 2.62 bits per heavy atom. The molecule has 2 unspecified atom stereocenters. The van der Waals surface area contributed by atoms with Crippen molar-refractivity contribution < 1.29 is 9.47 Å². The maximum absolute atomic E-state index is 5.72. The topological polar surface area (TPSA) is 47.7 Å². The summed E-state index contributed by atoms with van der Waals surface area (Å²) in [5.74, 6) is 0.965. The van der Waals surface area contributed by atoms with Crippen LogP contribution in [0.25, 0.3) is 0 Å². The van der Waals surface area contributed by atoms with E-state index in [2.05, 4.69) is 31.0 Å². The van der Waals surface area contributed by atoms with Gasteiger partial charge in [0, 0.05) is 25.7 Å². The summed E-state index contributed by atoms with van der Waals surface area (Å²) in [5, 5.41) is 0. The first kappa shape index (κ1) is 18.0. The number of methoxy groups -OCH3 is 1. The fourth-order valence-corrected chi connectivity index (χ4v) is 2.42. The van der Waals surface area contributed by atoms with Crippen LogP contribution in [0.15, 0.2) is 24.3 Å². The number of rotatable bonds is 10. The Hall–Kier alpha value is -1.10. The van der Waals surface area contributed by atoms with Gasteiger partial charge in [0.2, 0.25) is 0 Å². The maximum atomic E-state index is 5.72. The van der Waals surface area contributed by atoms with Gasteiger partial charge in [0.25, 0.3) is 0 Å². The molecular weight excluding hydrogens is 264 g/mol. The summed E-state index contributed by atoms with van der Waals surface area (Å²) in [6, 6.07) is 8.66. The van der Waals surface area contributed by atoms with Gasteiger partial charge in [-0.1, -0.05) is 18.2 Å². The number of nitrogens with two attached hydrogens (primary N) is 1. The molecule has 21 heavy (non-hydrogen) atoms. The molecule has 0 aliphatic heterocycles. The molecule has 0 saturated heterocycles. The Labute approximate surface area is 129 Å². The summed E-state index contributed by atoms with van der Waals surface area (Å²) in [6.45, 7) is 6.55. The van der Waals surface area contributed by atoms with Crippen LogP contribution >= 0.6 is 0 Å². The molecule has 0 radical (unpaired) electrons. The molecule has 0 bridgehead atoms. The van der Waals surface area contributed by atoms with Crippen LogP contribution in [0.2, 0.25) is 0 Å². The van der Waals surface area contributed by atoms with E-state index in [1.807, 2.05) is 19.1 Å². The standard InChI is InChI=1S/C17H30N2O2/c1-5-21-16(13-18)10-11-19(3)14(2)12-15-8-6-7-9-17(15)20-4/h6-9,14,16H,5,10-13,18H2,1-4H3. The summed E-state index contributed by atoms with van der Waals surface area (Å²) in [7, 11) is 3.88. The largest absolute Gasteiger partial charge is 0.496 e. The van der Waals surface area contributed by atoms with Crippen molar-refractivity contribution in [2.75, 3.05) is 33.9 Å². The van der Waals surface area contributed by atoms with Crippen molar-refractivity contribution in [2.24, 2.45) is 5.73 Å². The highest BCUT2D eigenvalue weighted by atomic mass is 16.5. The molecule has 0 aliphatic rings. The highest BCUT2D eigenvalue weighted by Crippen LogP contribution is 2.20. The van der Waals surface area contributed by atoms with Crippen molar-refractivity contribution in [3.63, 3.8) is 0 Å². The second-order valence-corrected chi connectivity index (χ2v) is 5.45. The van der Waals surface area contributed by atoms with E-state index in [0.29, 0.717) is 12.6 Å². The molecule has 1 aromatic carbocycles. The third kappa shape index (κ3) is 6.04. The third-order valence-corrected chi connectivity index (χ3v) is 3.93. The van der Waals surface area contributed by atoms with E-state index < -0.39 is 0 Å². The number of likely N-dealkylation sites (N-methyl/N-ethyl adjacent to an activating group) is 1. The molecule has 0 amide bonds. The van der Waals surface area contributed by atoms with E-state index in [-0.39, 0.29) is 6.10 Å². The van der Waals surface area contributed by atoms with E-state index >= 15 is 0 Å². The minimum Gasteiger partial charge on any atom is -0.496 e. The van der Waals surface area contributed by atoms with Crippen molar-refractivity contribution in [2.45, 2.75) is 38.8 Å². The average molecular weight is 294 g/mol. The van der Waals surface area contributed by atoms with Crippen molar-refractivity contribution >= 4 is 0 Å². The van der Waals surface area contributed by atoms with Gasteiger partial charge in [-0.3, -0.25) is 0 Å². The lowest BCUT2D eigenvalue weighted by atomic mass is 10.0. The normalized spacial score (nSPS) is 14.2. The van der Waals surface area contributed by atoms with Crippen LogP contribution in [-0.4, -0.2) is 50.9 Å². The molecule has 2 atom stereocenters. The van der Waals surface area contributed by atoms with Gasteiger partial charge >= 0.3 is 0 Å². The van der Waals surface area contributed by atoms with Crippen molar-refractivity contribution in [1.29, 1.82) is 0 Å². The Balaban J connectivity index is 2.48.